The molecule has 1 unspecified atom stereocenters. The van der Waals surface area contributed by atoms with Crippen molar-refractivity contribution in [2.75, 3.05) is 42.6 Å². The SMILES string of the molecule is CCN(CCO)c1ncnc(N2CCCC(C)C2)c1[N+](=O)[O-]. The van der Waals surface area contributed by atoms with E-state index in [2.05, 4.69) is 16.9 Å². The molecule has 122 valence electrons. The molecule has 1 aromatic heterocycles. The van der Waals surface area contributed by atoms with Crippen LogP contribution < -0.4 is 9.80 Å². The Balaban J connectivity index is 2.43. The monoisotopic (exact) mass is 309 g/mol. The predicted molar refractivity (Wildman–Crippen MR) is 84.3 cm³/mol. The topological polar surface area (TPSA) is 95.6 Å². The molecular weight excluding hydrogens is 286 g/mol. The molecule has 1 aliphatic heterocycles. The Morgan fingerprint density at radius 3 is 2.91 bits per heavy atom. The van der Waals surface area contributed by atoms with Crippen LogP contribution in [0.2, 0.25) is 0 Å². The number of rotatable bonds is 6. The summed E-state index contributed by atoms with van der Waals surface area (Å²) in [4.78, 5) is 23.1. The molecule has 1 saturated heterocycles. The number of nitrogens with zero attached hydrogens (tertiary/aromatic N) is 5. The van der Waals surface area contributed by atoms with Gasteiger partial charge in [0.25, 0.3) is 0 Å². The van der Waals surface area contributed by atoms with Crippen LogP contribution in [-0.4, -0.2) is 52.8 Å². The zero-order valence-corrected chi connectivity index (χ0v) is 13.1. The normalized spacial score (nSPS) is 18.3. The molecule has 22 heavy (non-hydrogen) atoms. The van der Waals surface area contributed by atoms with E-state index >= 15 is 0 Å². The summed E-state index contributed by atoms with van der Waals surface area (Å²) in [5.74, 6) is 1.16. The smallest absolute Gasteiger partial charge is 0.353 e. The van der Waals surface area contributed by atoms with Crippen LogP contribution in [0.5, 0.6) is 0 Å². The van der Waals surface area contributed by atoms with Crippen LogP contribution in [0.3, 0.4) is 0 Å². The molecule has 1 aromatic rings. The first kappa shape index (κ1) is 16.4. The van der Waals surface area contributed by atoms with Crippen LogP contribution >= 0.6 is 0 Å². The van der Waals surface area contributed by atoms with E-state index in [9.17, 15) is 10.1 Å². The number of aromatic nitrogens is 2. The van der Waals surface area contributed by atoms with Crippen LogP contribution in [0.25, 0.3) is 0 Å². The van der Waals surface area contributed by atoms with Gasteiger partial charge in [-0.15, -0.1) is 0 Å². The summed E-state index contributed by atoms with van der Waals surface area (Å²) in [6, 6.07) is 0. The number of hydrogen-bond acceptors (Lipinski definition) is 7. The Kier molecular flexibility index (Phi) is 5.48. The molecule has 1 aliphatic rings. The van der Waals surface area contributed by atoms with Crippen LogP contribution in [0.15, 0.2) is 6.33 Å². The fourth-order valence-electron chi connectivity index (χ4n) is 2.90. The summed E-state index contributed by atoms with van der Waals surface area (Å²) in [6.07, 6.45) is 3.51. The maximum Gasteiger partial charge on any atom is 0.353 e. The number of hydrogen-bond donors (Lipinski definition) is 1. The summed E-state index contributed by atoms with van der Waals surface area (Å²) in [6.45, 7) is 6.33. The lowest BCUT2D eigenvalue weighted by Gasteiger charge is -2.32. The molecule has 0 aromatic carbocycles. The molecule has 0 spiro atoms. The van der Waals surface area contributed by atoms with Crippen LogP contribution in [-0.2, 0) is 0 Å². The lowest BCUT2D eigenvalue weighted by molar-refractivity contribution is -0.383. The van der Waals surface area contributed by atoms with Gasteiger partial charge in [0.2, 0.25) is 11.6 Å². The van der Waals surface area contributed by atoms with Gasteiger partial charge in [0.15, 0.2) is 0 Å². The molecular formula is C14H23N5O3. The minimum atomic E-state index is -0.413. The van der Waals surface area contributed by atoms with Gasteiger partial charge in [0.1, 0.15) is 6.33 Å². The highest BCUT2D eigenvalue weighted by atomic mass is 16.6. The minimum absolute atomic E-state index is 0.0631. The first-order valence-electron chi connectivity index (χ1n) is 7.68. The van der Waals surface area contributed by atoms with Gasteiger partial charge in [-0.3, -0.25) is 10.1 Å². The van der Waals surface area contributed by atoms with Gasteiger partial charge >= 0.3 is 5.69 Å². The van der Waals surface area contributed by atoms with E-state index in [1.807, 2.05) is 11.8 Å². The highest BCUT2D eigenvalue weighted by Gasteiger charge is 2.31. The Hall–Kier alpha value is -1.96. The van der Waals surface area contributed by atoms with Crippen molar-refractivity contribution in [3.63, 3.8) is 0 Å². The Bertz CT molecular complexity index is 525. The molecule has 8 nitrogen and oxygen atoms in total. The fraction of sp³-hybridized carbons (Fsp3) is 0.714. The molecule has 1 N–H and O–H groups in total. The number of piperidine rings is 1. The third kappa shape index (κ3) is 3.44. The van der Waals surface area contributed by atoms with Gasteiger partial charge in [-0.05, 0) is 25.7 Å². The quantitative estimate of drug-likeness (QED) is 0.627. The maximum atomic E-state index is 11.6. The lowest BCUT2D eigenvalue weighted by Crippen LogP contribution is -2.36. The fourth-order valence-corrected chi connectivity index (χ4v) is 2.90. The average molecular weight is 309 g/mol. The molecule has 0 amide bonds. The van der Waals surface area contributed by atoms with Gasteiger partial charge < -0.3 is 14.9 Å². The molecule has 8 heteroatoms. The van der Waals surface area contributed by atoms with Gasteiger partial charge in [0.05, 0.1) is 11.5 Å². The standard InChI is InChI=1S/C14H23N5O3/c1-3-17(7-8-20)13-12(19(21)22)14(16-10-15-13)18-6-4-5-11(2)9-18/h10-11,20H,3-9H2,1-2H3. The third-order valence-electron chi connectivity index (χ3n) is 3.97. The highest BCUT2D eigenvalue weighted by Crippen LogP contribution is 2.35. The first-order chi connectivity index (χ1) is 10.6. The average Bonchev–Trinajstić information content (AvgIpc) is 2.51. The number of aliphatic hydroxyl groups is 1. The molecule has 2 heterocycles. The van der Waals surface area contributed by atoms with Crippen molar-refractivity contribution in [2.24, 2.45) is 5.92 Å². The Morgan fingerprint density at radius 1 is 1.55 bits per heavy atom. The van der Waals surface area contributed by atoms with Gasteiger partial charge in [-0.1, -0.05) is 6.92 Å². The van der Waals surface area contributed by atoms with Crippen molar-refractivity contribution in [1.82, 2.24) is 9.97 Å². The van der Waals surface area contributed by atoms with E-state index in [-0.39, 0.29) is 18.1 Å². The second-order valence-electron chi connectivity index (χ2n) is 5.62. The van der Waals surface area contributed by atoms with E-state index in [1.54, 1.807) is 4.90 Å². The number of anilines is 2. The molecule has 1 fully saturated rings. The predicted octanol–water partition coefficient (Wildman–Crippen LogP) is 1.44. The summed E-state index contributed by atoms with van der Waals surface area (Å²) in [5, 5.41) is 20.7. The Morgan fingerprint density at radius 2 is 2.32 bits per heavy atom. The van der Waals surface area contributed by atoms with E-state index in [0.29, 0.717) is 24.8 Å². The molecule has 2 rings (SSSR count). The van der Waals surface area contributed by atoms with Gasteiger partial charge in [-0.2, -0.15) is 0 Å². The van der Waals surface area contributed by atoms with Crippen molar-refractivity contribution in [3.8, 4) is 0 Å². The van der Waals surface area contributed by atoms with Crippen LogP contribution in [0.4, 0.5) is 17.3 Å². The second kappa shape index (κ2) is 7.35. The lowest BCUT2D eigenvalue weighted by atomic mass is 10.0. The van der Waals surface area contributed by atoms with E-state index < -0.39 is 4.92 Å². The first-order valence-corrected chi connectivity index (χ1v) is 7.68. The largest absolute Gasteiger partial charge is 0.395 e. The van der Waals surface area contributed by atoms with E-state index in [1.165, 1.54) is 6.33 Å². The third-order valence-corrected chi connectivity index (χ3v) is 3.97. The van der Waals surface area contributed by atoms with Crippen LogP contribution in [0.1, 0.15) is 26.7 Å². The molecule has 0 aliphatic carbocycles. The van der Waals surface area contributed by atoms with Crippen molar-refractivity contribution >= 4 is 17.3 Å². The van der Waals surface area contributed by atoms with Crippen molar-refractivity contribution in [1.29, 1.82) is 0 Å². The summed E-state index contributed by atoms with van der Waals surface area (Å²) >= 11 is 0. The number of nitro groups is 1. The summed E-state index contributed by atoms with van der Waals surface area (Å²) < 4.78 is 0. The Labute approximate surface area is 129 Å². The maximum absolute atomic E-state index is 11.6. The minimum Gasteiger partial charge on any atom is -0.395 e. The summed E-state index contributed by atoms with van der Waals surface area (Å²) in [5.41, 5.74) is -0.0631. The molecule has 0 saturated carbocycles. The molecule has 0 bridgehead atoms. The number of likely N-dealkylation sites (N-methyl/N-ethyl adjacent to an activating group) is 1. The zero-order chi connectivity index (χ0) is 16.1. The highest BCUT2D eigenvalue weighted by molar-refractivity contribution is 5.71. The molecule has 1 atom stereocenters. The van der Waals surface area contributed by atoms with Gasteiger partial charge in [0, 0.05) is 26.2 Å². The van der Waals surface area contributed by atoms with Gasteiger partial charge in [-0.25, -0.2) is 9.97 Å². The molecule has 0 radical (unpaired) electrons. The number of aliphatic hydroxyl groups excluding tert-OH is 1. The van der Waals surface area contributed by atoms with Crippen molar-refractivity contribution < 1.29 is 10.0 Å². The van der Waals surface area contributed by atoms with Crippen LogP contribution in [0, 0.1) is 16.0 Å². The van der Waals surface area contributed by atoms with E-state index in [0.717, 1.165) is 25.9 Å². The van der Waals surface area contributed by atoms with E-state index in [4.69, 9.17) is 5.11 Å². The van der Waals surface area contributed by atoms with Crippen molar-refractivity contribution in [3.05, 3.63) is 16.4 Å². The van der Waals surface area contributed by atoms with Crippen molar-refractivity contribution in [2.45, 2.75) is 26.7 Å². The zero-order valence-electron chi connectivity index (χ0n) is 13.1. The summed E-state index contributed by atoms with van der Waals surface area (Å²) in [7, 11) is 0. The second-order valence-corrected chi connectivity index (χ2v) is 5.62.